The highest BCUT2D eigenvalue weighted by atomic mass is 32.2. The average Bonchev–Trinajstić information content (AvgIpc) is 2.72. The highest BCUT2D eigenvalue weighted by molar-refractivity contribution is 8.00. The van der Waals surface area contributed by atoms with Crippen LogP contribution in [-0.4, -0.2) is 10.5 Å². The minimum absolute atomic E-state index is 0.712. The second kappa shape index (κ2) is 24.1. The first-order valence-electron chi connectivity index (χ1n) is 13.3. The lowest BCUT2D eigenvalue weighted by Gasteiger charge is -2.19. The fraction of sp³-hybridized carbons (Fsp3) is 0.857. The van der Waals surface area contributed by atoms with Crippen molar-refractivity contribution in [1.29, 1.82) is 0 Å². The first-order chi connectivity index (χ1) is 14.3. The lowest BCUT2D eigenvalue weighted by atomic mass is 10.1. The predicted molar refractivity (Wildman–Crippen MR) is 139 cm³/mol. The zero-order valence-corrected chi connectivity index (χ0v) is 21.4. The van der Waals surface area contributed by atoms with Crippen molar-refractivity contribution in [3.05, 3.63) is 24.3 Å². The van der Waals surface area contributed by atoms with Crippen LogP contribution in [0.3, 0.4) is 0 Å². The lowest BCUT2D eigenvalue weighted by molar-refractivity contribution is 0.661. The molecule has 0 radical (unpaired) electrons. The van der Waals surface area contributed by atoms with E-state index in [1.165, 1.54) is 116 Å². The summed E-state index contributed by atoms with van der Waals surface area (Å²) in [5, 5.41) is 1.42. The van der Waals surface area contributed by atoms with Gasteiger partial charge in [0.15, 0.2) is 0 Å². The van der Waals surface area contributed by atoms with Crippen molar-refractivity contribution < 1.29 is 0 Å². The Kier molecular flexibility index (Phi) is 24.0. The minimum Gasteiger partial charge on any atom is -0.147 e. The van der Waals surface area contributed by atoms with Crippen molar-refractivity contribution in [1.82, 2.24) is 0 Å². The van der Waals surface area contributed by atoms with E-state index in [0.717, 1.165) is 0 Å². The molecule has 0 N–H and O–H groups in total. The van der Waals surface area contributed by atoms with Crippen LogP contribution in [-0.2, 0) is 0 Å². The third-order valence-electron chi connectivity index (χ3n) is 5.68. The first-order valence-corrected chi connectivity index (χ1v) is 14.2. The van der Waals surface area contributed by atoms with E-state index < -0.39 is 0 Å². The zero-order chi connectivity index (χ0) is 21.4. The minimum atomic E-state index is 0.712. The maximum absolute atomic E-state index is 2.56. The molecule has 0 spiro atoms. The van der Waals surface area contributed by atoms with Crippen molar-refractivity contribution >= 4 is 11.8 Å². The van der Waals surface area contributed by atoms with Gasteiger partial charge in [0.05, 0.1) is 0 Å². The Morgan fingerprint density at radius 2 is 0.862 bits per heavy atom. The molecule has 2 atom stereocenters. The molecule has 0 bridgehead atoms. The van der Waals surface area contributed by atoms with Crippen LogP contribution < -0.4 is 0 Å². The quantitative estimate of drug-likeness (QED) is 0.123. The fourth-order valence-electron chi connectivity index (χ4n) is 3.71. The Balaban J connectivity index is 4.62. The van der Waals surface area contributed by atoms with E-state index in [0.29, 0.717) is 10.5 Å². The highest BCUT2D eigenvalue weighted by Crippen LogP contribution is 2.29. The first kappa shape index (κ1) is 28.8. The van der Waals surface area contributed by atoms with Crippen LogP contribution in [0.4, 0.5) is 0 Å². The van der Waals surface area contributed by atoms with E-state index in [9.17, 15) is 0 Å². The van der Waals surface area contributed by atoms with Crippen molar-refractivity contribution in [2.45, 2.75) is 154 Å². The number of allylic oxidation sites excluding steroid dienone is 2. The number of thioether (sulfide) groups is 1. The molecule has 0 amide bonds. The van der Waals surface area contributed by atoms with Crippen LogP contribution >= 0.6 is 11.8 Å². The Morgan fingerprint density at radius 3 is 1.24 bits per heavy atom. The maximum Gasteiger partial charge on any atom is 0.0232 e. The second-order valence-corrected chi connectivity index (χ2v) is 10.2. The van der Waals surface area contributed by atoms with E-state index in [2.05, 4.69) is 63.8 Å². The Morgan fingerprint density at radius 1 is 0.483 bits per heavy atom. The molecule has 172 valence electrons. The Hall–Kier alpha value is -0.170. The SMILES string of the molecule is CCCCCCC=CC(CCCCC)SC(C=CCCCCCC)CCCCC. The van der Waals surface area contributed by atoms with Crippen LogP contribution in [0, 0.1) is 0 Å². The molecule has 0 saturated carbocycles. The summed E-state index contributed by atoms with van der Waals surface area (Å²) in [6.45, 7) is 9.24. The Bertz CT molecular complexity index is 323. The predicted octanol–water partition coefficient (Wildman–Crippen LogP) is 10.7. The van der Waals surface area contributed by atoms with Crippen molar-refractivity contribution in [2.24, 2.45) is 0 Å². The molecule has 0 aromatic carbocycles. The number of hydrogen-bond acceptors (Lipinski definition) is 1. The summed E-state index contributed by atoms with van der Waals surface area (Å²) in [5.74, 6) is 0. The van der Waals surface area contributed by atoms with E-state index in [1.807, 2.05) is 0 Å². The molecule has 29 heavy (non-hydrogen) atoms. The van der Waals surface area contributed by atoms with Crippen LogP contribution in [0.2, 0.25) is 0 Å². The van der Waals surface area contributed by atoms with Gasteiger partial charge in [-0.3, -0.25) is 0 Å². The molecule has 0 aliphatic rings. The number of unbranched alkanes of at least 4 members (excludes halogenated alkanes) is 12. The molecule has 2 unspecified atom stereocenters. The molecule has 0 aromatic rings. The van der Waals surface area contributed by atoms with Crippen LogP contribution in [0.15, 0.2) is 24.3 Å². The molecular formula is C28H54S. The van der Waals surface area contributed by atoms with Crippen molar-refractivity contribution in [3.8, 4) is 0 Å². The normalized spacial score (nSPS) is 14.2. The highest BCUT2D eigenvalue weighted by Gasteiger charge is 2.12. The lowest BCUT2D eigenvalue weighted by Crippen LogP contribution is -2.08. The summed E-state index contributed by atoms with van der Waals surface area (Å²) < 4.78 is 0. The Labute approximate surface area is 189 Å². The van der Waals surface area contributed by atoms with Gasteiger partial charge in [-0.1, -0.05) is 129 Å². The average molecular weight is 423 g/mol. The summed E-state index contributed by atoms with van der Waals surface area (Å²) in [6.07, 6.45) is 34.6. The van der Waals surface area contributed by atoms with Gasteiger partial charge >= 0.3 is 0 Å². The van der Waals surface area contributed by atoms with Crippen molar-refractivity contribution in [2.75, 3.05) is 0 Å². The molecule has 1 heteroatoms. The topological polar surface area (TPSA) is 0 Å². The van der Waals surface area contributed by atoms with Gasteiger partial charge in [-0.05, 0) is 38.5 Å². The summed E-state index contributed by atoms with van der Waals surface area (Å²) in [6, 6.07) is 0. The molecule has 0 aliphatic heterocycles. The zero-order valence-electron chi connectivity index (χ0n) is 20.6. The molecule has 0 aromatic heterocycles. The van der Waals surface area contributed by atoms with Gasteiger partial charge < -0.3 is 0 Å². The van der Waals surface area contributed by atoms with E-state index in [4.69, 9.17) is 0 Å². The van der Waals surface area contributed by atoms with Crippen LogP contribution in [0.25, 0.3) is 0 Å². The molecule has 0 heterocycles. The van der Waals surface area contributed by atoms with Gasteiger partial charge in [0.1, 0.15) is 0 Å². The summed E-state index contributed by atoms with van der Waals surface area (Å²) in [5.41, 5.74) is 0. The van der Waals surface area contributed by atoms with E-state index >= 15 is 0 Å². The standard InChI is InChI=1S/C28H54S/c1-5-9-13-15-17-21-25-27(23-19-11-7-3)29-28(24-20-12-8-4)26-22-18-16-14-10-6-2/h21-22,25-28H,5-20,23-24H2,1-4H3. The molecule has 0 aliphatic carbocycles. The van der Waals surface area contributed by atoms with Gasteiger partial charge in [-0.2, -0.15) is 0 Å². The molecular weight excluding hydrogens is 368 g/mol. The third kappa shape index (κ3) is 20.9. The molecule has 0 fully saturated rings. The van der Waals surface area contributed by atoms with Gasteiger partial charge in [-0.25, -0.2) is 0 Å². The van der Waals surface area contributed by atoms with Gasteiger partial charge in [0, 0.05) is 10.5 Å². The van der Waals surface area contributed by atoms with Crippen LogP contribution in [0.1, 0.15) is 143 Å². The number of hydrogen-bond donors (Lipinski definition) is 0. The van der Waals surface area contributed by atoms with E-state index in [-0.39, 0.29) is 0 Å². The summed E-state index contributed by atoms with van der Waals surface area (Å²) in [7, 11) is 0. The molecule has 0 saturated heterocycles. The fourth-order valence-corrected chi connectivity index (χ4v) is 5.17. The smallest absolute Gasteiger partial charge is 0.0232 e. The molecule has 0 rings (SSSR count). The summed E-state index contributed by atoms with van der Waals surface area (Å²) in [4.78, 5) is 0. The second-order valence-electron chi connectivity index (χ2n) is 8.76. The third-order valence-corrected chi connectivity index (χ3v) is 7.17. The number of rotatable bonds is 22. The van der Waals surface area contributed by atoms with Gasteiger partial charge in [0.25, 0.3) is 0 Å². The molecule has 0 nitrogen and oxygen atoms in total. The van der Waals surface area contributed by atoms with E-state index in [1.54, 1.807) is 0 Å². The van der Waals surface area contributed by atoms with Gasteiger partial charge in [-0.15, -0.1) is 11.8 Å². The summed E-state index contributed by atoms with van der Waals surface area (Å²) >= 11 is 2.25. The van der Waals surface area contributed by atoms with Gasteiger partial charge in [0.2, 0.25) is 0 Å². The maximum atomic E-state index is 2.56. The van der Waals surface area contributed by atoms with Crippen molar-refractivity contribution in [3.63, 3.8) is 0 Å². The van der Waals surface area contributed by atoms with Crippen LogP contribution in [0.5, 0.6) is 0 Å². The monoisotopic (exact) mass is 422 g/mol. The largest absolute Gasteiger partial charge is 0.147 e.